The lowest BCUT2D eigenvalue weighted by atomic mass is 10.1. The molecule has 0 bridgehead atoms. The number of alkyl halides is 3. The summed E-state index contributed by atoms with van der Waals surface area (Å²) in [6.45, 7) is 1.51. The molecule has 0 aliphatic rings. The summed E-state index contributed by atoms with van der Waals surface area (Å²) >= 11 is 0. The predicted octanol–water partition coefficient (Wildman–Crippen LogP) is 3.35. The Morgan fingerprint density at radius 2 is 2.00 bits per heavy atom. The maximum Gasteiger partial charge on any atom is 0.416 e. The Morgan fingerprint density at radius 3 is 2.65 bits per heavy atom. The van der Waals surface area contributed by atoms with Crippen LogP contribution in [0, 0.1) is 16.1 Å². The van der Waals surface area contributed by atoms with E-state index in [-0.39, 0.29) is 38.6 Å². The van der Waals surface area contributed by atoms with Crippen LogP contribution in [0.4, 0.5) is 13.2 Å². The highest BCUT2D eigenvalue weighted by atomic mass is 32.2. The number of hydrogen-bond acceptors (Lipinski definition) is 6. The molecule has 12 heteroatoms. The van der Waals surface area contributed by atoms with E-state index in [2.05, 4.69) is 10.1 Å². The molecule has 0 aliphatic heterocycles. The van der Waals surface area contributed by atoms with Gasteiger partial charge in [-0.15, -0.1) is 0 Å². The fourth-order valence-corrected chi connectivity index (χ4v) is 4.29. The molecule has 3 heterocycles. The Bertz CT molecular complexity index is 1560. The van der Waals surface area contributed by atoms with Crippen LogP contribution in [0.25, 0.3) is 22.2 Å². The topological polar surface area (TPSA) is 117 Å². The van der Waals surface area contributed by atoms with Gasteiger partial charge in [0, 0.05) is 17.3 Å². The van der Waals surface area contributed by atoms with Crippen LogP contribution in [0.1, 0.15) is 18.1 Å². The van der Waals surface area contributed by atoms with Gasteiger partial charge in [0.1, 0.15) is 11.7 Å². The van der Waals surface area contributed by atoms with E-state index in [1.165, 1.54) is 35.9 Å². The molecular formula is C19H13F3N6O2S. The normalized spacial score (nSPS) is 13.9. The second kappa shape index (κ2) is 6.92. The van der Waals surface area contributed by atoms with Gasteiger partial charge in [-0.1, -0.05) is 13.0 Å². The third-order valence-electron chi connectivity index (χ3n) is 4.72. The number of imidazole rings is 1. The maximum atomic E-state index is 13.1. The SMILES string of the molecule is CCS(=N)(=O)c1c(-n2ncc3ccc(C(F)(F)F)cc3c2=O)nc2ccc(C#N)cn12. The van der Waals surface area contributed by atoms with Crippen LogP contribution in [-0.2, 0) is 15.9 Å². The van der Waals surface area contributed by atoms with Crippen LogP contribution in [0.5, 0.6) is 0 Å². The molecule has 0 saturated carbocycles. The molecule has 3 aromatic heterocycles. The first-order valence-corrected chi connectivity index (χ1v) is 10.6. The molecule has 158 valence electrons. The Balaban J connectivity index is 2.09. The summed E-state index contributed by atoms with van der Waals surface area (Å²) in [5.74, 6) is -0.355. The highest BCUT2D eigenvalue weighted by Crippen LogP contribution is 2.31. The lowest BCUT2D eigenvalue weighted by Crippen LogP contribution is -2.24. The van der Waals surface area contributed by atoms with E-state index in [0.29, 0.717) is 0 Å². The maximum absolute atomic E-state index is 13.1. The molecule has 8 nitrogen and oxygen atoms in total. The summed E-state index contributed by atoms with van der Waals surface area (Å²) in [6, 6.07) is 7.54. The van der Waals surface area contributed by atoms with E-state index in [0.717, 1.165) is 22.9 Å². The Labute approximate surface area is 173 Å². The van der Waals surface area contributed by atoms with Crippen molar-refractivity contribution in [3.63, 3.8) is 0 Å². The minimum Gasteiger partial charge on any atom is -0.289 e. The summed E-state index contributed by atoms with van der Waals surface area (Å²) in [6.07, 6.45) is -2.11. The summed E-state index contributed by atoms with van der Waals surface area (Å²) in [5.41, 5.74) is -1.49. The van der Waals surface area contributed by atoms with Gasteiger partial charge in [-0.3, -0.25) is 9.20 Å². The van der Waals surface area contributed by atoms with Crippen molar-refractivity contribution in [2.45, 2.75) is 18.1 Å². The van der Waals surface area contributed by atoms with E-state index in [1.807, 2.05) is 6.07 Å². The van der Waals surface area contributed by atoms with Crippen molar-refractivity contribution in [2.75, 3.05) is 5.75 Å². The predicted molar refractivity (Wildman–Crippen MR) is 105 cm³/mol. The number of rotatable bonds is 3. The monoisotopic (exact) mass is 446 g/mol. The number of halogens is 3. The van der Waals surface area contributed by atoms with E-state index in [1.54, 1.807) is 0 Å². The van der Waals surface area contributed by atoms with Crippen LogP contribution in [0.2, 0.25) is 0 Å². The molecule has 4 rings (SSSR count). The third kappa shape index (κ3) is 3.32. The van der Waals surface area contributed by atoms with Crippen molar-refractivity contribution in [3.05, 3.63) is 64.2 Å². The van der Waals surface area contributed by atoms with Gasteiger partial charge in [-0.25, -0.2) is 14.0 Å². The molecule has 4 aromatic rings. The van der Waals surface area contributed by atoms with Crippen LogP contribution in [0.3, 0.4) is 0 Å². The zero-order chi connectivity index (χ0) is 22.6. The average molecular weight is 446 g/mol. The van der Waals surface area contributed by atoms with Crippen molar-refractivity contribution < 1.29 is 17.4 Å². The summed E-state index contributed by atoms with van der Waals surface area (Å²) in [7, 11) is -3.48. The minimum absolute atomic E-state index is 0.120. The number of pyridine rings is 1. The van der Waals surface area contributed by atoms with Gasteiger partial charge in [0.05, 0.1) is 32.4 Å². The van der Waals surface area contributed by atoms with E-state index >= 15 is 0 Å². The number of nitrogens with zero attached hydrogens (tertiary/aromatic N) is 5. The number of hydrogen-bond donors (Lipinski definition) is 1. The van der Waals surface area contributed by atoms with Gasteiger partial charge in [0.2, 0.25) is 0 Å². The quantitative estimate of drug-likeness (QED) is 0.518. The van der Waals surface area contributed by atoms with Crippen molar-refractivity contribution in [2.24, 2.45) is 0 Å². The number of benzene rings is 1. The summed E-state index contributed by atoms with van der Waals surface area (Å²) in [4.78, 5) is 17.3. The molecule has 31 heavy (non-hydrogen) atoms. The van der Waals surface area contributed by atoms with Crippen molar-refractivity contribution in [1.29, 1.82) is 10.0 Å². The molecule has 1 aromatic carbocycles. The van der Waals surface area contributed by atoms with Crippen molar-refractivity contribution in [3.8, 4) is 11.9 Å². The summed E-state index contributed by atoms with van der Waals surface area (Å²) in [5, 5.41) is 12.9. The first-order valence-electron chi connectivity index (χ1n) is 8.85. The molecule has 0 saturated heterocycles. The standard InChI is InChI=1S/C19H13F3N6O2S/c1-2-31(24,30)18-16(26-15-6-3-11(8-23)10-27(15)18)28-17(29)14-7-13(19(20,21)22)5-4-12(14)9-25-28/h3-7,9-10,24H,2H2,1H3. The Kier molecular flexibility index (Phi) is 4.58. The average Bonchev–Trinajstić information content (AvgIpc) is 3.12. The zero-order valence-electron chi connectivity index (χ0n) is 15.8. The first kappa shape index (κ1) is 20.5. The third-order valence-corrected chi connectivity index (χ3v) is 6.54. The van der Waals surface area contributed by atoms with Gasteiger partial charge in [0.15, 0.2) is 10.8 Å². The van der Waals surface area contributed by atoms with Crippen LogP contribution in [-0.4, -0.2) is 29.1 Å². The van der Waals surface area contributed by atoms with Crippen LogP contribution < -0.4 is 5.56 Å². The molecule has 1 N–H and O–H groups in total. The highest BCUT2D eigenvalue weighted by molar-refractivity contribution is 7.92. The molecule has 0 amide bonds. The molecule has 1 unspecified atom stereocenters. The number of fused-ring (bicyclic) bond motifs is 2. The van der Waals surface area contributed by atoms with Gasteiger partial charge in [-0.05, 0) is 24.3 Å². The van der Waals surface area contributed by atoms with Gasteiger partial charge < -0.3 is 0 Å². The van der Waals surface area contributed by atoms with E-state index < -0.39 is 27.0 Å². The highest BCUT2D eigenvalue weighted by Gasteiger charge is 2.31. The number of nitriles is 1. The molecule has 0 fully saturated rings. The van der Waals surface area contributed by atoms with Gasteiger partial charge in [-0.2, -0.15) is 28.2 Å². The van der Waals surface area contributed by atoms with Crippen LogP contribution in [0.15, 0.2) is 52.5 Å². The lowest BCUT2D eigenvalue weighted by Gasteiger charge is -2.10. The molecule has 0 radical (unpaired) electrons. The van der Waals surface area contributed by atoms with Crippen LogP contribution >= 0.6 is 0 Å². The number of aromatic nitrogens is 4. The van der Waals surface area contributed by atoms with E-state index in [9.17, 15) is 22.2 Å². The number of nitrogens with one attached hydrogen (secondary N) is 1. The molecule has 0 spiro atoms. The van der Waals surface area contributed by atoms with Crippen molar-refractivity contribution >= 4 is 26.1 Å². The zero-order valence-corrected chi connectivity index (χ0v) is 16.7. The molecular weight excluding hydrogens is 433 g/mol. The minimum atomic E-state index is -4.64. The fourth-order valence-electron chi connectivity index (χ4n) is 3.13. The lowest BCUT2D eigenvalue weighted by molar-refractivity contribution is -0.137. The Morgan fingerprint density at radius 1 is 1.26 bits per heavy atom. The first-order chi connectivity index (χ1) is 14.6. The van der Waals surface area contributed by atoms with Crippen molar-refractivity contribution in [1.82, 2.24) is 19.2 Å². The Hall–Kier alpha value is -3.72. The smallest absolute Gasteiger partial charge is 0.289 e. The molecule has 0 aliphatic carbocycles. The fraction of sp³-hybridized carbons (Fsp3) is 0.158. The largest absolute Gasteiger partial charge is 0.416 e. The summed E-state index contributed by atoms with van der Waals surface area (Å²) < 4.78 is 62.7. The second-order valence-corrected chi connectivity index (χ2v) is 8.94. The van der Waals surface area contributed by atoms with Gasteiger partial charge >= 0.3 is 6.18 Å². The second-order valence-electron chi connectivity index (χ2n) is 6.62. The van der Waals surface area contributed by atoms with E-state index in [4.69, 9.17) is 10.0 Å². The molecule has 1 atom stereocenters. The van der Waals surface area contributed by atoms with Gasteiger partial charge in [0.25, 0.3) is 5.56 Å².